The molecule has 0 bridgehead atoms. The monoisotopic (exact) mass is 353 g/mol. The molecule has 3 aromatic rings. The Hall–Kier alpha value is -1.56. The fraction of sp³-hybridized carbons (Fsp3) is 0.0714. The van der Waals surface area contributed by atoms with Crippen LogP contribution in [0.2, 0.25) is 5.02 Å². The lowest BCUT2D eigenvalue weighted by Crippen LogP contribution is -2.00. The van der Waals surface area contributed by atoms with Crippen LogP contribution in [-0.4, -0.2) is 10.1 Å². The van der Waals surface area contributed by atoms with E-state index in [2.05, 4.69) is 20.9 Å². The van der Waals surface area contributed by atoms with Crippen LogP contribution in [0.25, 0.3) is 11.1 Å². The molecule has 20 heavy (non-hydrogen) atoms. The zero-order valence-electron chi connectivity index (χ0n) is 10.1. The molecule has 2 aromatic carbocycles. The van der Waals surface area contributed by atoms with Gasteiger partial charge in [0.2, 0.25) is 0 Å². The van der Waals surface area contributed by atoms with E-state index in [-0.39, 0.29) is 0 Å². The highest BCUT2D eigenvalue weighted by molar-refractivity contribution is 9.10. The molecule has 0 radical (unpaired) electrons. The van der Waals surface area contributed by atoms with Gasteiger partial charge in [0.25, 0.3) is 0 Å². The number of nitrogens with one attached hydrogen (secondary N) is 1. The smallest absolute Gasteiger partial charge is 0.408 e. The van der Waals surface area contributed by atoms with Crippen molar-refractivity contribution in [2.24, 2.45) is 0 Å². The Labute approximate surface area is 127 Å². The third kappa shape index (κ3) is 2.28. The maximum absolute atomic E-state index is 11.1. The maximum Gasteiger partial charge on any atom is 0.417 e. The molecule has 1 unspecified atom stereocenters. The summed E-state index contributed by atoms with van der Waals surface area (Å²) >= 11 is 9.50. The van der Waals surface area contributed by atoms with Crippen molar-refractivity contribution in [3.05, 3.63) is 67.6 Å². The van der Waals surface area contributed by atoms with E-state index in [1.807, 2.05) is 0 Å². The Morgan fingerprint density at radius 1 is 1.30 bits per heavy atom. The Bertz CT molecular complexity index is 840. The number of aromatic nitrogens is 1. The standard InChI is InChI=1S/C14H9BrClNO3/c15-9-3-1-2-8(12(9)16)13(18)7-4-5-10-11(6-7)20-14(19)17-10/h1-6,13,18H,(H,17,19). The number of hydrogen-bond acceptors (Lipinski definition) is 3. The van der Waals surface area contributed by atoms with Gasteiger partial charge < -0.3 is 9.52 Å². The molecule has 1 heterocycles. The molecule has 0 spiro atoms. The van der Waals surface area contributed by atoms with Crippen LogP contribution in [0.3, 0.4) is 0 Å². The largest absolute Gasteiger partial charge is 0.417 e. The lowest BCUT2D eigenvalue weighted by molar-refractivity contribution is 0.220. The molecule has 1 aromatic heterocycles. The number of fused-ring (bicyclic) bond motifs is 1. The number of aromatic amines is 1. The number of benzene rings is 2. The first kappa shape index (κ1) is 13.4. The fourth-order valence-corrected chi connectivity index (χ4v) is 2.65. The minimum Gasteiger partial charge on any atom is -0.408 e. The first-order chi connectivity index (χ1) is 9.56. The highest BCUT2D eigenvalue weighted by Gasteiger charge is 2.16. The minimum atomic E-state index is -0.899. The van der Waals surface area contributed by atoms with Crippen LogP contribution >= 0.6 is 27.5 Å². The van der Waals surface area contributed by atoms with Crippen LogP contribution in [0.5, 0.6) is 0 Å². The van der Waals surface area contributed by atoms with Gasteiger partial charge in [-0.25, -0.2) is 4.79 Å². The molecular weight excluding hydrogens is 346 g/mol. The summed E-state index contributed by atoms with van der Waals surface area (Å²) < 4.78 is 5.70. The van der Waals surface area contributed by atoms with E-state index in [9.17, 15) is 9.90 Å². The van der Waals surface area contributed by atoms with Gasteiger partial charge in [-0.1, -0.05) is 29.8 Å². The summed E-state index contributed by atoms with van der Waals surface area (Å²) in [5, 5.41) is 10.9. The van der Waals surface area contributed by atoms with Crippen molar-refractivity contribution in [2.75, 3.05) is 0 Å². The van der Waals surface area contributed by atoms with Crippen molar-refractivity contribution in [3.63, 3.8) is 0 Å². The average molecular weight is 355 g/mol. The van der Waals surface area contributed by atoms with Crippen LogP contribution in [-0.2, 0) is 0 Å². The van der Waals surface area contributed by atoms with Gasteiger partial charge in [0.1, 0.15) is 6.10 Å². The Morgan fingerprint density at radius 2 is 2.10 bits per heavy atom. The van der Waals surface area contributed by atoms with Gasteiger partial charge in [0, 0.05) is 10.0 Å². The molecule has 3 rings (SSSR count). The topological polar surface area (TPSA) is 66.2 Å². The molecule has 2 N–H and O–H groups in total. The quantitative estimate of drug-likeness (QED) is 0.738. The molecule has 4 nitrogen and oxygen atoms in total. The predicted octanol–water partition coefficient (Wildman–Crippen LogP) is 3.62. The molecule has 6 heteroatoms. The molecule has 0 saturated heterocycles. The third-order valence-electron chi connectivity index (χ3n) is 3.04. The lowest BCUT2D eigenvalue weighted by atomic mass is 10.0. The van der Waals surface area contributed by atoms with Crippen molar-refractivity contribution >= 4 is 38.6 Å². The van der Waals surface area contributed by atoms with Crippen LogP contribution in [0.15, 0.2) is 50.1 Å². The molecule has 0 fully saturated rings. The number of aliphatic hydroxyl groups is 1. The van der Waals surface area contributed by atoms with E-state index in [0.29, 0.717) is 31.7 Å². The molecule has 102 valence electrons. The summed E-state index contributed by atoms with van der Waals surface area (Å²) in [4.78, 5) is 13.7. The molecule has 0 aliphatic rings. The first-order valence-electron chi connectivity index (χ1n) is 5.81. The summed E-state index contributed by atoms with van der Waals surface area (Å²) in [7, 11) is 0. The molecular formula is C14H9BrClNO3. The Balaban J connectivity index is 2.09. The SMILES string of the molecule is O=c1[nH]c2ccc(C(O)c3cccc(Br)c3Cl)cc2o1. The predicted molar refractivity (Wildman–Crippen MR) is 80.0 cm³/mol. The van der Waals surface area contributed by atoms with E-state index >= 15 is 0 Å². The molecule has 1 atom stereocenters. The number of hydrogen-bond donors (Lipinski definition) is 2. The number of aliphatic hydroxyl groups excluding tert-OH is 1. The van der Waals surface area contributed by atoms with Crippen molar-refractivity contribution in [1.82, 2.24) is 4.98 Å². The van der Waals surface area contributed by atoms with Gasteiger partial charge in [0.05, 0.1) is 10.5 Å². The lowest BCUT2D eigenvalue weighted by Gasteiger charge is -2.13. The third-order valence-corrected chi connectivity index (χ3v) is 4.35. The molecule has 0 aliphatic carbocycles. The Kier molecular flexibility index (Phi) is 3.41. The van der Waals surface area contributed by atoms with Gasteiger partial charge in [-0.3, -0.25) is 4.98 Å². The van der Waals surface area contributed by atoms with Crippen molar-refractivity contribution in [3.8, 4) is 0 Å². The summed E-state index contributed by atoms with van der Waals surface area (Å²) in [6.45, 7) is 0. The van der Waals surface area contributed by atoms with Crippen molar-refractivity contribution < 1.29 is 9.52 Å². The number of rotatable bonds is 2. The van der Waals surface area contributed by atoms with Gasteiger partial charge in [-0.05, 0) is 39.7 Å². The van der Waals surface area contributed by atoms with Crippen LogP contribution in [0.4, 0.5) is 0 Å². The maximum atomic E-state index is 11.1. The van der Waals surface area contributed by atoms with Crippen molar-refractivity contribution in [1.29, 1.82) is 0 Å². The second kappa shape index (κ2) is 5.09. The highest BCUT2D eigenvalue weighted by atomic mass is 79.9. The average Bonchev–Trinajstić information content (AvgIpc) is 2.80. The summed E-state index contributed by atoms with van der Waals surface area (Å²) in [5.41, 5.74) is 2.17. The van der Waals surface area contributed by atoms with Gasteiger partial charge in [0.15, 0.2) is 5.58 Å². The zero-order chi connectivity index (χ0) is 14.3. The summed E-state index contributed by atoms with van der Waals surface area (Å²) in [6, 6.07) is 10.4. The van der Waals surface area contributed by atoms with E-state index in [0.717, 1.165) is 0 Å². The van der Waals surface area contributed by atoms with Crippen LogP contribution < -0.4 is 5.76 Å². The fourth-order valence-electron chi connectivity index (χ4n) is 2.04. The van der Waals surface area contributed by atoms with E-state index < -0.39 is 11.9 Å². The van der Waals surface area contributed by atoms with Crippen LogP contribution in [0.1, 0.15) is 17.2 Å². The van der Waals surface area contributed by atoms with Gasteiger partial charge in [-0.15, -0.1) is 0 Å². The van der Waals surface area contributed by atoms with Gasteiger partial charge >= 0.3 is 5.76 Å². The second-order valence-corrected chi connectivity index (χ2v) is 5.55. The van der Waals surface area contributed by atoms with E-state index in [1.54, 1.807) is 36.4 Å². The summed E-state index contributed by atoms with van der Waals surface area (Å²) in [6.07, 6.45) is -0.899. The van der Waals surface area contributed by atoms with Crippen molar-refractivity contribution in [2.45, 2.75) is 6.10 Å². The number of halogens is 2. The Morgan fingerprint density at radius 3 is 2.90 bits per heavy atom. The molecule has 0 saturated carbocycles. The molecule has 0 amide bonds. The normalized spacial score (nSPS) is 12.8. The van der Waals surface area contributed by atoms with E-state index in [4.69, 9.17) is 16.0 Å². The summed E-state index contributed by atoms with van der Waals surface area (Å²) in [5.74, 6) is -0.521. The van der Waals surface area contributed by atoms with Crippen LogP contribution in [0, 0.1) is 0 Å². The second-order valence-electron chi connectivity index (χ2n) is 4.32. The number of oxazole rings is 1. The molecule has 0 aliphatic heterocycles. The van der Waals surface area contributed by atoms with Gasteiger partial charge in [-0.2, -0.15) is 0 Å². The van der Waals surface area contributed by atoms with E-state index in [1.165, 1.54) is 0 Å². The minimum absolute atomic E-state index is 0.401. The number of H-pyrrole nitrogens is 1. The highest BCUT2D eigenvalue weighted by Crippen LogP contribution is 2.33. The first-order valence-corrected chi connectivity index (χ1v) is 6.98. The zero-order valence-corrected chi connectivity index (χ0v) is 12.4.